The van der Waals surface area contributed by atoms with E-state index < -0.39 is 0 Å². The highest BCUT2D eigenvalue weighted by Gasteiger charge is 1.93. The van der Waals surface area contributed by atoms with E-state index in [4.69, 9.17) is 0 Å². The molecule has 0 spiro atoms. The van der Waals surface area contributed by atoms with Gasteiger partial charge in [0.05, 0.1) is 0 Å². The number of carbonyl (C=O) groups is 1. The molecule has 0 fully saturated rings. The molecule has 0 aromatic rings. The van der Waals surface area contributed by atoms with Crippen molar-refractivity contribution in [2.24, 2.45) is 0 Å². The number of ketones is 1. The number of allylic oxidation sites excluding steroid dienone is 2. The summed E-state index contributed by atoms with van der Waals surface area (Å²) in [4.78, 5) is 11.1. The molecule has 1 nitrogen and oxygen atoms in total. The largest absolute Gasteiger partial charge is 0.295 e. The smallest absolute Gasteiger partial charge is 0.155 e. The highest BCUT2D eigenvalue weighted by Crippen LogP contribution is 1.99. The molecular formula is C11H20O. The number of unbranched alkanes of at least 4 members (excludes halogenated alkanes) is 3. The molecule has 0 unspecified atom stereocenters. The summed E-state index contributed by atoms with van der Waals surface area (Å²) in [6.07, 6.45) is 10.0. The van der Waals surface area contributed by atoms with Crippen LogP contribution in [0.2, 0.25) is 0 Å². The molecule has 0 aliphatic rings. The Morgan fingerprint density at radius 1 is 1.17 bits per heavy atom. The standard InChI is InChI=1S/C11H20O/c1-3-5-7-8-10-11(12)9-6-4-2/h8,10H,3-7,9H2,1-2H3/b10-8-. The van der Waals surface area contributed by atoms with Crippen molar-refractivity contribution in [3.05, 3.63) is 12.2 Å². The van der Waals surface area contributed by atoms with Gasteiger partial charge in [-0.05, 0) is 18.9 Å². The Hall–Kier alpha value is -0.590. The third-order valence-corrected chi connectivity index (χ3v) is 1.80. The van der Waals surface area contributed by atoms with Crippen molar-refractivity contribution in [1.29, 1.82) is 0 Å². The van der Waals surface area contributed by atoms with E-state index in [-0.39, 0.29) is 5.78 Å². The summed E-state index contributed by atoms with van der Waals surface area (Å²) >= 11 is 0. The molecule has 0 aliphatic carbocycles. The molecule has 0 atom stereocenters. The van der Waals surface area contributed by atoms with E-state index in [2.05, 4.69) is 13.8 Å². The lowest BCUT2D eigenvalue weighted by Gasteiger charge is -1.91. The summed E-state index contributed by atoms with van der Waals surface area (Å²) in [5.74, 6) is 0.285. The summed E-state index contributed by atoms with van der Waals surface area (Å²) in [6, 6.07) is 0. The Labute approximate surface area is 75.9 Å². The highest BCUT2D eigenvalue weighted by molar-refractivity contribution is 5.89. The first kappa shape index (κ1) is 11.4. The fraction of sp³-hybridized carbons (Fsp3) is 0.727. The van der Waals surface area contributed by atoms with E-state index in [1.807, 2.05) is 6.08 Å². The minimum absolute atomic E-state index is 0.285. The molecule has 0 N–H and O–H groups in total. The van der Waals surface area contributed by atoms with Crippen LogP contribution in [-0.2, 0) is 4.79 Å². The van der Waals surface area contributed by atoms with E-state index in [0.29, 0.717) is 0 Å². The van der Waals surface area contributed by atoms with Gasteiger partial charge < -0.3 is 0 Å². The van der Waals surface area contributed by atoms with Crippen LogP contribution < -0.4 is 0 Å². The number of rotatable bonds is 7. The number of hydrogen-bond acceptors (Lipinski definition) is 1. The van der Waals surface area contributed by atoms with Gasteiger partial charge in [-0.2, -0.15) is 0 Å². The maximum Gasteiger partial charge on any atom is 0.155 e. The Bertz CT molecular complexity index is 136. The Morgan fingerprint density at radius 3 is 2.42 bits per heavy atom. The lowest BCUT2D eigenvalue weighted by Crippen LogP contribution is -1.90. The maximum absolute atomic E-state index is 11.1. The molecule has 0 amide bonds. The van der Waals surface area contributed by atoms with Gasteiger partial charge in [0.2, 0.25) is 0 Å². The van der Waals surface area contributed by atoms with Crippen LogP contribution in [-0.4, -0.2) is 5.78 Å². The lowest BCUT2D eigenvalue weighted by molar-refractivity contribution is -0.114. The quantitative estimate of drug-likeness (QED) is 0.420. The Kier molecular flexibility index (Phi) is 8.09. The minimum atomic E-state index is 0.285. The van der Waals surface area contributed by atoms with E-state index in [9.17, 15) is 4.79 Å². The average Bonchev–Trinajstić information content (AvgIpc) is 2.09. The van der Waals surface area contributed by atoms with Gasteiger partial charge in [-0.3, -0.25) is 4.79 Å². The summed E-state index contributed by atoms with van der Waals surface area (Å²) < 4.78 is 0. The first-order valence-corrected chi connectivity index (χ1v) is 5.00. The summed E-state index contributed by atoms with van der Waals surface area (Å²) in [5.41, 5.74) is 0. The van der Waals surface area contributed by atoms with Crippen molar-refractivity contribution < 1.29 is 4.79 Å². The van der Waals surface area contributed by atoms with Gasteiger partial charge in [-0.1, -0.05) is 39.2 Å². The van der Waals surface area contributed by atoms with Crippen molar-refractivity contribution in [2.45, 2.75) is 52.4 Å². The van der Waals surface area contributed by atoms with Crippen LogP contribution in [0.15, 0.2) is 12.2 Å². The zero-order valence-electron chi connectivity index (χ0n) is 8.31. The van der Waals surface area contributed by atoms with Crippen LogP contribution in [0, 0.1) is 0 Å². The van der Waals surface area contributed by atoms with Gasteiger partial charge in [-0.15, -0.1) is 0 Å². The van der Waals surface area contributed by atoms with E-state index >= 15 is 0 Å². The van der Waals surface area contributed by atoms with Crippen LogP contribution in [0.25, 0.3) is 0 Å². The molecule has 12 heavy (non-hydrogen) atoms. The van der Waals surface area contributed by atoms with Gasteiger partial charge in [0.15, 0.2) is 5.78 Å². The topological polar surface area (TPSA) is 17.1 Å². The normalized spacial score (nSPS) is 10.8. The Balaban J connectivity index is 3.34. The van der Waals surface area contributed by atoms with E-state index in [1.165, 1.54) is 12.8 Å². The SMILES string of the molecule is CCCC/C=C\C(=O)CCCC. The second kappa shape index (κ2) is 8.51. The highest BCUT2D eigenvalue weighted by atomic mass is 16.1. The van der Waals surface area contributed by atoms with Crippen molar-refractivity contribution in [3.8, 4) is 0 Å². The van der Waals surface area contributed by atoms with Crippen LogP contribution in [0.5, 0.6) is 0 Å². The molecule has 0 radical (unpaired) electrons. The first-order chi connectivity index (χ1) is 5.81. The van der Waals surface area contributed by atoms with Gasteiger partial charge in [0, 0.05) is 6.42 Å². The predicted molar refractivity (Wildman–Crippen MR) is 53.2 cm³/mol. The monoisotopic (exact) mass is 168 g/mol. The van der Waals surface area contributed by atoms with Gasteiger partial charge in [-0.25, -0.2) is 0 Å². The summed E-state index contributed by atoms with van der Waals surface area (Å²) in [6.45, 7) is 4.26. The molecule has 0 heterocycles. The van der Waals surface area contributed by atoms with Crippen molar-refractivity contribution in [2.75, 3.05) is 0 Å². The maximum atomic E-state index is 11.1. The van der Waals surface area contributed by atoms with E-state index in [1.54, 1.807) is 6.08 Å². The molecular weight excluding hydrogens is 148 g/mol. The van der Waals surface area contributed by atoms with Gasteiger partial charge in [0.1, 0.15) is 0 Å². The van der Waals surface area contributed by atoms with Crippen molar-refractivity contribution in [3.63, 3.8) is 0 Å². The van der Waals surface area contributed by atoms with E-state index in [0.717, 1.165) is 25.7 Å². The van der Waals surface area contributed by atoms with Crippen molar-refractivity contribution in [1.82, 2.24) is 0 Å². The number of hydrogen-bond donors (Lipinski definition) is 0. The predicted octanol–water partition coefficient (Wildman–Crippen LogP) is 3.49. The molecule has 0 rings (SSSR count). The number of carbonyl (C=O) groups excluding carboxylic acids is 1. The zero-order valence-corrected chi connectivity index (χ0v) is 8.31. The molecule has 0 aromatic carbocycles. The molecule has 0 aliphatic heterocycles. The van der Waals surface area contributed by atoms with Crippen molar-refractivity contribution >= 4 is 5.78 Å². The third kappa shape index (κ3) is 7.52. The summed E-state index contributed by atoms with van der Waals surface area (Å²) in [7, 11) is 0. The minimum Gasteiger partial charge on any atom is -0.295 e. The molecule has 0 saturated carbocycles. The molecule has 0 aromatic heterocycles. The van der Waals surface area contributed by atoms with Gasteiger partial charge in [0.25, 0.3) is 0 Å². The van der Waals surface area contributed by atoms with Crippen LogP contribution >= 0.6 is 0 Å². The fourth-order valence-corrected chi connectivity index (χ4v) is 0.971. The average molecular weight is 168 g/mol. The van der Waals surface area contributed by atoms with Crippen LogP contribution in [0.3, 0.4) is 0 Å². The van der Waals surface area contributed by atoms with Crippen LogP contribution in [0.1, 0.15) is 52.4 Å². The second-order valence-corrected chi connectivity index (χ2v) is 3.11. The first-order valence-electron chi connectivity index (χ1n) is 5.00. The molecule has 0 bridgehead atoms. The Morgan fingerprint density at radius 2 is 1.83 bits per heavy atom. The third-order valence-electron chi connectivity index (χ3n) is 1.80. The summed E-state index contributed by atoms with van der Waals surface area (Å²) in [5, 5.41) is 0. The molecule has 70 valence electrons. The lowest BCUT2D eigenvalue weighted by atomic mass is 10.1. The fourth-order valence-electron chi connectivity index (χ4n) is 0.971. The molecule has 0 saturated heterocycles. The zero-order chi connectivity index (χ0) is 9.23. The van der Waals surface area contributed by atoms with Crippen LogP contribution in [0.4, 0.5) is 0 Å². The van der Waals surface area contributed by atoms with Gasteiger partial charge >= 0.3 is 0 Å². The second-order valence-electron chi connectivity index (χ2n) is 3.11. The molecule has 1 heteroatoms.